The second-order valence-corrected chi connectivity index (χ2v) is 15.0. The third kappa shape index (κ3) is 7.85. The minimum Gasteiger partial charge on any atom is -0.455 e. The van der Waals surface area contributed by atoms with Crippen molar-refractivity contribution in [3.05, 3.63) is 97.1 Å². The van der Waals surface area contributed by atoms with Crippen LogP contribution >= 0.6 is 15.9 Å². The van der Waals surface area contributed by atoms with Crippen LogP contribution in [0.25, 0.3) is 0 Å². The van der Waals surface area contributed by atoms with Crippen LogP contribution in [-0.4, -0.2) is 93.0 Å². The summed E-state index contributed by atoms with van der Waals surface area (Å²) in [6.45, 7) is 11.5. The van der Waals surface area contributed by atoms with Gasteiger partial charge < -0.3 is 29.7 Å². The molecule has 0 aromatic heterocycles. The predicted molar refractivity (Wildman–Crippen MR) is 198 cm³/mol. The average molecular weight is 765 g/mol. The van der Waals surface area contributed by atoms with E-state index in [1.165, 1.54) is 4.90 Å². The van der Waals surface area contributed by atoms with Crippen molar-refractivity contribution in [2.24, 2.45) is 11.8 Å². The zero-order valence-electron chi connectivity index (χ0n) is 29.5. The Morgan fingerprint density at radius 2 is 1.82 bits per heavy atom. The highest BCUT2D eigenvalue weighted by atomic mass is 79.9. The van der Waals surface area contributed by atoms with E-state index in [1.807, 2.05) is 67.6 Å². The maximum absolute atomic E-state index is 14.9. The van der Waals surface area contributed by atoms with Crippen LogP contribution in [0, 0.1) is 11.8 Å². The van der Waals surface area contributed by atoms with Gasteiger partial charge in [-0.05, 0) is 43.7 Å². The van der Waals surface area contributed by atoms with Gasteiger partial charge in [0.25, 0.3) is 0 Å². The smallest absolute Gasteiger partial charge is 0.313 e. The van der Waals surface area contributed by atoms with Crippen LogP contribution in [0.2, 0.25) is 0 Å². The molecule has 9 atom stereocenters. The quantitative estimate of drug-likeness (QED) is 0.126. The highest BCUT2D eigenvalue weighted by Gasteiger charge is 2.77. The van der Waals surface area contributed by atoms with Crippen LogP contribution in [-0.2, 0) is 35.1 Å². The number of aliphatic hydroxyl groups is 1. The number of nitrogens with one attached hydrogen (secondary N) is 1. The molecule has 3 aliphatic rings. The number of hydrogen-bond acceptors (Lipinski definition) is 7. The van der Waals surface area contributed by atoms with E-state index in [0.717, 1.165) is 18.4 Å². The van der Waals surface area contributed by atoms with Gasteiger partial charge in [0.2, 0.25) is 17.7 Å². The maximum Gasteiger partial charge on any atom is 0.313 e. The SMILES string of the molecule is C=CCCC(=O)NC[C@H](OC(=O)[C@H]1[C@@H]2O[C@@]3(CC2Br)[C@@H]1C(=O)N([C@@H](CO)Cc1ccccc1)[C@@H]3C(=O)N(CC=C)C(C)CCC)c1ccccc1. The summed E-state index contributed by atoms with van der Waals surface area (Å²) in [5.74, 6) is -3.60. The minimum atomic E-state index is -1.34. The number of ether oxygens (including phenoxy) is 2. The molecule has 51 heavy (non-hydrogen) atoms. The third-order valence-corrected chi connectivity index (χ3v) is 11.3. The van der Waals surface area contributed by atoms with Crippen LogP contribution in [0.3, 0.4) is 0 Å². The Bertz CT molecular complexity index is 1560. The highest BCUT2D eigenvalue weighted by molar-refractivity contribution is 9.09. The number of likely N-dealkylation sites (tertiary alicyclic amines) is 1. The molecule has 2 N–H and O–H groups in total. The van der Waals surface area contributed by atoms with Gasteiger partial charge in [0.15, 0.2) is 0 Å². The average Bonchev–Trinajstić information content (AvgIpc) is 3.74. The molecule has 2 bridgehead atoms. The molecule has 1 spiro atoms. The molecule has 3 saturated heterocycles. The molecule has 11 heteroatoms. The second kappa shape index (κ2) is 17.1. The van der Waals surface area contributed by atoms with E-state index in [-0.39, 0.29) is 42.2 Å². The number of amides is 3. The minimum absolute atomic E-state index is 0.0359. The lowest BCUT2D eigenvalue weighted by atomic mass is 9.70. The van der Waals surface area contributed by atoms with Gasteiger partial charge in [-0.15, -0.1) is 13.2 Å². The summed E-state index contributed by atoms with van der Waals surface area (Å²) in [7, 11) is 0. The van der Waals surface area contributed by atoms with E-state index in [9.17, 15) is 24.3 Å². The van der Waals surface area contributed by atoms with Crippen LogP contribution < -0.4 is 5.32 Å². The molecule has 0 radical (unpaired) electrons. The molecule has 3 aliphatic heterocycles. The van der Waals surface area contributed by atoms with Gasteiger partial charge in [0.1, 0.15) is 17.7 Å². The number of hydrogen-bond donors (Lipinski definition) is 2. The zero-order chi connectivity index (χ0) is 36.7. The normalized spacial score (nSPS) is 26.5. The Labute approximate surface area is 309 Å². The number of rotatable bonds is 18. The highest BCUT2D eigenvalue weighted by Crippen LogP contribution is 2.61. The summed E-state index contributed by atoms with van der Waals surface area (Å²) < 4.78 is 13.0. The lowest BCUT2D eigenvalue weighted by Crippen LogP contribution is -2.60. The lowest BCUT2D eigenvalue weighted by molar-refractivity contribution is -0.161. The van der Waals surface area contributed by atoms with Crippen molar-refractivity contribution in [3.63, 3.8) is 0 Å². The fourth-order valence-corrected chi connectivity index (χ4v) is 9.09. The van der Waals surface area contributed by atoms with E-state index in [2.05, 4.69) is 41.3 Å². The first-order valence-electron chi connectivity index (χ1n) is 17.9. The van der Waals surface area contributed by atoms with Gasteiger partial charge in [-0.2, -0.15) is 0 Å². The van der Waals surface area contributed by atoms with Crippen LogP contribution in [0.1, 0.15) is 63.2 Å². The number of allylic oxidation sites excluding steroid dienone is 1. The van der Waals surface area contributed by atoms with Crippen molar-refractivity contribution in [2.45, 2.75) is 93.1 Å². The summed E-state index contributed by atoms with van der Waals surface area (Å²) in [6.07, 6.45) is 4.76. The number of esters is 1. The van der Waals surface area contributed by atoms with Gasteiger partial charge in [-0.1, -0.05) is 102 Å². The van der Waals surface area contributed by atoms with Crippen LogP contribution in [0.15, 0.2) is 86.0 Å². The molecule has 274 valence electrons. The van der Waals surface area contributed by atoms with E-state index in [0.29, 0.717) is 24.8 Å². The molecular weight excluding hydrogens is 714 g/mol. The van der Waals surface area contributed by atoms with Crippen molar-refractivity contribution < 1.29 is 33.8 Å². The van der Waals surface area contributed by atoms with Crippen LogP contribution in [0.5, 0.6) is 0 Å². The number of benzene rings is 2. The largest absolute Gasteiger partial charge is 0.455 e. The number of alkyl halides is 1. The summed E-state index contributed by atoms with van der Waals surface area (Å²) in [4.78, 5) is 59.7. The molecule has 2 aromatic rings. The van der Waals surface area contributed by atoms with Crippen LogP contribution in [0.4, 0.5) is 0 Å². The maximum atomic E-state index is 14.9. The molecule has 3 amide bonds. The van der Waals surface area contributed by atoms with Crippen molar-refractivity contribution >= 4 is 39.6 Å². The topological polar surface area (TPSA) is 125 Å². The molecule has 3 heterocycles. The summed E-state index contributed by atoms with van der Waals surface area (Å²) in [5.41, 5.74) is 0.241. The number of aliphatic hydroxyl groups excluding tert-OH is 1. The Morgan fingerprint density at radius 1 is 1.14 bits per heavy atom. The molecule has 3 fully saturated rings. The van der Waals surface area contributed by atoms with Gasteiger partial charge in [-0.3, -0.25) is 19.2 Å². The van der Waals surface area contributed by atoms with Crippen molar-refractivity contribution in [1.29, 1.82) is 0 Å². The van der Waals surface area contributed by atoms with Gasteiger partial charge in [0.05, 0.1) is 37.1 Å². The Kier molecular flexibility index (Phi) is 12.9. The van der Waals surface area contributed by atoms with E-state index in [4.69, 9.17) is 9.47 Å². The number of fused-ring (bicyclic) bond motifs is 1. The van der Waals surface area contributed by atoms with Gasteiger partial charge >= 0.3 is 5.97 Å². The number of halogens is 1. The van der Waals surface area contributed by atoms with E-state index in [1.54, 1.807) is 17.1 Å². The first-order chi connectivity index (χ1) is 24.6. The molecule has 0 saturated carbocycles. The number of nitrogens with zero attached hydrogens (tertiary/aromatic N) is 2. The Balaban J connectivity index is 1.52. The Hall–Kier alpha value is -3.80. The summed E-state index contributed by atoms with van der Waals surface area (Å²) >= 11 is 3.75. The predicted octanol–water partition coefficient (Wildman–Crippen LogP) is 4.91. The zero-order valence-corrected chi connectivity index (χ0v) is 31.1. The molecular formula is C40H50BrN3O7. The first-order valence-corrected chi connectivity index (χ1v) is 18.9. The standard InChI is InChI=1S/C40H50BrN3O7/c1-5-8-20-32(46)42-24-31(28-18-13-10-14-19-28)50-39(49)33-34-37(47)44(29(25-45)22-27-16-11-9-12-17-27)36(40(34)23-30(41)35(33)51-40)38(48)43(21-7-3)26(4)15-6-2/h5,7,9-14,16-19,26,29-31,33-36,45H,1,3,6,8,15,20-25H2,2,4H3,(H,42,46)/t26?,29-,30?,31+,33-,34+,35-,36-,40+/m1/s1. The molecule has 10 nitrogen and oxygen atoms in total. The first kappa shape index (κ1) is 38.4. The van der Waals surface area contributed by atoms with Crippen molar-refractivity contribution in [2.75, 3.05) is 19.7 Å². The fraction of sp³-hybridized carbons (Fsp3) is 0.500. The third-order valence-electron chi connectivity index (χ3n) is 10.5. The number of carbonyl (C=O) groups is 4. The van der Waals surface area contributed by atoms with Gasteiger partial charge in [-0.25, -0.2) is 0 Å². The van der Waals surface area contributed by atoms with E-state index >= 15 is 0 Å². The molecule has 2 aromatic carbocycles. The van der Waals surface area contributed by atoms with Crippen molar-refractivity contribution in [3.8, 4) is 0 Å². The van der Waals surface area contributed by atoms with Crippen molar-refractivity contribution in [1.82, 2.24) is 15.1 Å². The monoisotopic (exact) mass is 763 g/mol. The fourth-order valence-electron chi connectivity index (χ4n) is 8.15. The summed E-state index contributed by atoms with van der Waals surface area (Å²) in [6, 6.07) is 16.7. The number of carbonyl (C=O) groups excluding carboxylic acids is 4. The molecule has 5 rings (SSSR count). The summed E-state index contributed by atoms with van der Waals surface area (Å²) in [5, 5.41) is 13.7. The molecule has 2 unspecified atom stereocenters. The van der Waals surface area contributed by atoms with E-state index < -0.39 is 60.2 Å². The Morgan fingerprint density at radius 3 is 2.45 bits per heavy atom. The van der Waals surface area contributed by atoms with Gasteiger partial charge in [0, 0.05) is 23.8 Å². The second-order valence-electron chi connectivity index (χ2n) is 13.8. The molecule has 0 aliphatic carbocycles. The lowest BCUT2D eigenvalue weighted by Gasteiger charge is -2.41.